The molecule has 1 fully saturated rings. The summed E-state index contributed by atoms with van der Waals surface area (Å²) < 4.78 is 34.1. The molecule has 1 amide bonds. The molecule has 3 aromatic carbocycles. The first-order valence-corrected chi connectivity index (χ1v) is 14.1. The van der Waals surface area contributed by atoms with Crippen LogP contribution in [0.3, 0.4) is 0 Å². The summed E-state index contributed by atoms with van der Waals surface area (Å²) in [6, 6.07) is 19.2. The number of piperazine rings is 1. The zero-order valence-electron chi connectivity index (χ0n) is 21.4. The Hall–Kier alpha value is -3.23. The summed E-state index contributed by atoms with van der Waals surface area (Å²) in [5.74, 6) is 0.352. The summed E-state index contributed by atoms with van der Waals surface area (Å²) in [5, 5.41) is 0.673. The molecule has 0 radical (unpaired) electrons. The molecule has 0 aromatic heterocycles. The minimum atomic E-state index is -3.99. The van der Waals surface area contributed by atoms with Crippen LogP contribution in [0.1, 0.15) is 18.1 Å². The van der Waals surface area contributed by atoms with Gasteiger partial charge in [0.15, 0.2) is 0 Å². The quantitative estimate of drug-likeness (QED) is 0.406. The molecular weight excluding hydrogens is 510 g/mol. The highest BCUT2D eigenvalue weighted by Gasteiger charge is 2.30. The van der Waals surface area contributed by atoms with Crippen LogP contribution in [0.5, 0.6) is 5.75 Å². The molecule has 0 spiro atoms. The van der Waals surface area contributed by atoms with E-state index in [0.717, 1.165) is 16.8 Å². The third-order valence-electron chi connectivity index (χ3n) is 6.47. The molecule has 7 nitrogen and oxygen atoms in total. The lowest BCUT2D eigenvalue weighted by atomic mass is 10.1. The number of benzene rings is 3. The third-order valence-corrected chi connectivity index (χ3v) is 8.49. The van der Waals surface area contributed by atoms with Crippen molar-refractivity contribution in [3.05, 3.63) is 82.9 Å². The van der Waals surface area contributed by atoms with E-state index in [0.29, 0.717) is 49.2 Å². The van der Waals surface area contributed by atoms with E-state index >= 15 is 0 Å². The third kappa shape index (κ3) is 6.19. The van der Waals surface area contributed by atoms with Crippen molar-refractivity contribution in [3.63, 3.8) is 0 Å². The number of sulfonamides is 1. The van der Waals surface area contributed by atoms with Crippen LogP contribution in [0.2, 0.25) is 5.02 Å². The molecule has 1 saturated heterocycles. The molecular formula is C28H32ClN3O4S. The van der Waals surface area contributed by atoms with Gasteiger partial charge in [0.2, 0.25) is 5.91 Å². The van der Waals surface area contributed by atoms with Crippen LogP contribution in [-0.4, -0.2) is 58.6 Å². The number of carbonyl (C=O) groups is 1. The van der Waals surface area contributed by atoms with Crippen LogP contribution < -0.4 is 13.9 Å². The van der Waals surface area contributed by atoms with E-state index in [1.165, 1.54) is 16.4 Å². The Bertz CT molecular complexity index is 1340. The first-order chi connectivity index (χ1) is 17.7. The van der Waals surface area contributed by atoms with Crippen molar-refractivity contribution in [1.29, 1.82) is 0 Å². The number of anilines is 2. The molecule has 0 unspecified atom stereocenters. The fraction of sp³-hybridized carbons (Fsp3) is 0.321. The van der Waals surface area contributed by atoms with Gasteiger partial charge in [-0.05, 0) is 74.9 Å². The van der Waals surface area contributed by atoms with Gasteiger partial charge >= 0.3 is 0 Å². The molecule has 1 aliphatic rings. The zero-order valence-corrected chi connectivity index (χ0v) is 22.9. The summed E-state index contributed by atoms with van der Waals surface area (Å²) in [4.78, 5) is 17.4. The summed E-state index contributed by atoms with van der Waals surface area (Å²) in [6.45, 7) is 8.31. The molecule has 196 valence electrons. The number of hydrogen-bond donors (Lipinski definition) is 0. The number of ether oxygens (including phenoxy) is 1. The monoisotopic (exact) mass is 541 g/mol. The van der Waals surface area contributed by atoms with Gasteiger partial charge < -0.3 is 14.5 Å². The Kier molecular flexibility index (Phi) is 8.29. The Morgan fingerprint density at radius 3 is 2.22 bits per heavy atom. The fourth-order valence-corrected chi connectivity index (χ4v) is 5.95. The average Bonchev–Trinajstić information content (AvgIpc) is 2.90. The fourth-order valence-electron chi connectivity index (χ4n) is 4.37. The van der Waals surface area contributed by atoms with Gasteiger partial charge in [0.1, 0.15) is 12.3 Å². The Morgan fingerprint density at radius 1 is 0.946 bits per heavy atom. The highest BCUT2D eigenvalue weighted by molar-refractivity contribution is 7.92. The van der Waals surface area contributed by atoms with Gasteiger partial charge in [-0.3, -0.25) is 9.10 Å². The lowest BCUT2D eigenvalue weighted by Crippen LogP contribution is -2.52. The van der Waals surface area contributed by atoms with Crippen LogP contribution >= 0.6 is 11.6 Å². The van der Waals surface area contributed by atoms with Crippen LogP contribution in [-0.2, 0) is 14.8 Å². The summed E-state index contributed by atoms with van der Waals surface area (Å²) in [6.07, 6.45) is 0. The normalized spacial score (nSPS) is 13.9. The van der Waals surface area contributed by atoms with Gasteiger partial charge in [-0.25, -0.2) is 8.42 Å². The van der Waals surface area contributed by atoms with Crippen molar-refractivity contribution in [2.75, 3.05) is 48.5 Å². The molecule has 0 N–H and O–H groups in total. The average molecular weight is 542 g/mol. The lowest BCUT2D eigenvalue weighted by Gasteiger charge is -2.37. The van der Waals surface area contributed by atoms with Crippen LogP contribution in [0.4, 0.5) is 11.4 Å². The minimum Gasteiger partial charge on any atom is -0.494 e. The van der Waals surface area contributed by atoms with Crippen LogP contribution in [0, 0.1) is 13.8 Å². The SMILES string of the molecule is CCOc1ccc(S(=O)(=O)N(CC(=O)N2CCN(c3cc(Cl)ccc3C)CC2)c2ccc(C)cc2)cc1. The van der Waals surface area contributed by atoms with Crippen LogP contribution in [0.15, 0.2) is 71.6 Å². The van der Waals surface area contributed by atoms with E-state index in [4.69, 9.17) is 16.3 Å². The summed E-state index contributed by atoms with van der Waals surface area (Å²) in [7, 11) is -3.99. The number of nitrogens with zero attached hydrogens (tertiary/aromatic N) is 3. The molecule has 0 bridgehead atoms. The van der Waals surface area contributed by atoms with E-state index in [-0.39, 0.29) is 17.3 Å². The van der Waals surface area contributed by atoms with E-state index in [2.05, 4.69) is 4.90 Å². The highest BCUT2D eigenvalue weighted by Crippen LogP contribution is 2.27. The van der Waals surface area contributed by atoms with E-state index in [1.54, 1.807) is 29.2 Å². The number of amides is 1. The molecule has 4 rings (SSSR count). The maximum Gasteiger partial charge on any atom is 0.264 e. The maximum absolute atomic E-state index is 13.7. The van der Waals surface area contributed by atoms with Gasteiger partial charge in [0.25, 0.3) is 10.0 Å². The van der Waals surface area contributed by atoms with Gasteiger partial charge in [-0.2, -0.15) is 0 Å². The molecule has 3 aromatic rings. The predicted octanol–water partition coefficient (Wildman–Crippen LogP) is 4.90. The summed E-state index contributed by atoms with van der Waals surface area (Å²) >= 11 is 6.20. The van der Waals surface area contributed by atoms with Crippen molar-refractivity contribution in [1.82, 2.24) is 4.90 Å². The van der Waals surface area contributed by atoms with Crippen LogP contribution in [0.25, 0.3) is 0 Å². The smallest absolute Gasteiger partial charge is 0.264 e. The number of hydrogen-bond acceptors (Lipinski definition) is 5. The summed E-state index contributed by atoms with van der Waals surface area (Å²) in [5.41, 5.74) is 3.62. The molecule has 0 saturated carbocycles. The van der Waals surface area contributed by atoms with Gasteiger partial charge in [-0.15, -0.1) is 0 Å². The second kappa shape index (κ2) is 11.4. The first kappa shape index (κ1) is 26.8. The standard InChI is InChI=1S/C28H32ClN3O4S/c1-4-36-25-11-13-26(14-12-25)37(34,35)32(24-9-5-21(2)6-10-24)20-28(33)31-17-15-30(16-18-31)27-19-23(29)8-7-22(27)3/h5-14,19H,4,15-18,20H2,1-3H3. The molecule has 0 atom stereocenters. The Morgan fingerprint density at radius 2 is 1.59 bits per heavy atom. The number of carbonyl (C=O) groups excluding carboxylic acids is 1. The second-order valence-electron chi connectivity index (χ2n) is 9.05. The number of halogens is 1. The topological polar surface area (TPSA) is 70.2 Å². The molecule has 0 aliphatic carbocycles. The van der Waals surface area contributed by atoms with Crippen molar-refractivity contribution in [2.45, 2.75) is 25.7 Å². The molecule has 1 heterocycles. The maximum atomic E-state index is 13.7. The molecule has 1 aliphatic heterocycles. The number of aryl methyl sites for hydroxylation is 2. The predicted molar refractivity (Wildman–Crippen MR) is 148 cm³/mol. The highest BCUT2D eigenvalue weighted by atomic mass is 35.5. The van der Waals surface area contributed by atoms with Gasteiger partial charge in [0.05, 0.1) is 17.2 Å². The van der Waals surface area contributed by atoms with Crippen molar-refractivity contribution < 1.29 is 17.9 Å². The molecule has 9 heteroatoms. The first-order valence-electron chi connectivity index (χ1n) is 12.3. The Labute approximate surface area is 224 Å². The van der Waals surface area contributed by atoms with E-state index in [9.17, 15) is 13.2 Å². The largest absolute Gasteiger partial charge is 0.494 e. The molecule has 37 heavy (non-hydrogen) atoms. The van der Waals surface area contributed by atoms with E-state index in [1.807, 2.05) is 51.1 Å². The van der Waals surface area contributed by atoms with E-state index < -0.39 is 10.0 Å². The van der Waals surface area contributed by atoms with Gasteiger partial charge in [-0.1, -0.05) is 35.4 Å². The zero-order chi connectivity index (χ0) is 26.6. The van der Waals surface area contributed by atoms with Gasteiger partial charge in [0, 0.05) is 36.9 Å². The van der Waals surface area contributed by atoms with Crippen molar-refractivity contribution >= 4 is 38.9 Å². The van der Waals surface area contributed by atoms with Crippen molar-refractivity contribution in [3.8, 4) is 5.75 Å². The Balaban J connectivity index is 1.53. The van der Waals surface area contributed by atoms with Crippen molar-refractivity contribution in [2.24, 2.45) is 0 Å². The lowest BCUT2D eigenvalue weighted by molar-refractivity contribution is -0.129. The minimum absolute atomic E-state index is 0.102. The second-order valence-corrected chi connectivity index (χ2v) is 11.3. The number of rotatable bonds is 8.